The predicted octanol–water partition coefficient (Wildman–Crippen LogP) is 3.98. The number of rotatable bonds is 6. The molecule has 33 heavy (non-hydrogen) atoms. The lowest BCUT2D eigenvalue weighted by Crippen LogP contribution is -2.10. The molecule has 3 heterocycles. The molecule has 166 valence electrons. The molecule has 7 nitrogen and oxygen atoms in total. The minimum absolute atomic E-state index is 0.248. The molecule has 1 aliphatic heterocycles. The van der Waals surface area contributed by atoms with Crippen molar-refractivity contribution in [2.45, 2.75) is 26.4 Å². The fourth-order valence-corrected chi connectivity index (χ4v) is 4.37. The number of anilines is 1. The molecule has 0 spiro atoms. The molecule has 0 amide bonds. The molecule has 2 N–H and O–H groups in total. The van der Waals surface area contributed by atoms with Crippen molar-refractivity contribution in [2.75, 3.05) is 19.0 Å². The number of nitriles is 1. The number of halogens is 1. The predicted molar refractivity (Wildman–Crippen MR) is 124 cm³/mol. The molecule has 4 aromatic rings. The van der Waals surface area contributed by atoms with Crippen LogP contribution >= 0.6 is 0 Å². The van der Waals surface area contributed by atoms with Crippen molar-refractivity contribution in [3.05, 3.63) is 76.5 Å². The molecular weight excluding hydrogens is 419 g/mol. The van der Waals surface area contributed by atoms with Gasteiger partial charge in [-0.15, -0.1) is 0 Å². The average molecular weight is 442 g/mol. The maximum atomic E-state index is 14.6. The topological polar surface area (TPSA) is 87.3 Å². The summed E-state index contributed by atoms with van der Waals surface area (Å²) < 4.78 is 21.9. The molecule has 0 aliphatic carbocycles. The number of benzene rings is 2. The number of imidazole rings is 1. The Labute approximate surface area is 190 Å². The Kier molecular flexibility index (Phi) is 5.40. The Morgan fingerprint density at radius 1 is 1.21 bits per heavy atom. The summed E-state index contributed by atoms with van der Waals surface area (Å²) >= 11 is 0. The Bertz CT molecular complexity index is 1400. The first-order valence-corrected chi connectivity index (χ1v) is 10.8. The number of nitrogens with one attached hydrogen (secondary N) is 2. The SMILES string of the molecule is CNCc1ccc(-c2cnc(NCc3c(F)ccc4c3CCO4)n3cc(C#N)nc23)c(C)c1. The third kappa shape index (κ3) is 3.77. The standard InChI is InChI=1S/C25H23FN6O/c1-15-9-16(11-28-2)3-4-18(15)21-13-30-25(32-14-17(10-27)31-24(21)32)29-12-20-19-7-8-33-23(19)6-5-22(20)26/h3-6,9,13-14,28H,7-8,11-12H2,1-2H3,(H,29,30). The van der Waals surface area contributed by atoms with E-state index in [9.17, 15) is 9.65 Å². The summed E-state index contributed by atoms with van der Waals surface area (Å²) in [7, 11) is 1.92. The number of fused-ring (bicyclic) bond motifs is 2. The van der Waals surface area contributed by atoms with Gasteiger partial charge in [0.25, 0.3) is 0 Å². The summed E-state index contributed by atoms with van der Waals surface area (Å²) in [6.45, 7) is 3.64. The van der Waals surface area contributed by atoms with E-state index in [1.165, 1.54) is 11.6 Å². The summed E-state index contributed by atoms with van der Waals surface area (Å²) in [5.74, 6) is 0.941. The van der Waals surface area contributed by atoms with Gasteiger partial charge in [-0.05, 0) is 42.8 Å². The van der Waals surface area contributed by atoms with Crippen LogP contribution in [0, 0.1) is 24.1 Å². The molecule has 0 atom stereocenters. The number of aryl methyl sites for hydroxylation is 1. The van der Waals surface area contributed by atoms with Gasteiger partial charge in [-0.3, -0.25) is 4.40 Å². The Balaban J connectivity index is 1.53. The summed E-state index contributed by atoms with van der Waals surface area (Å²) in [6.07, 6.45) is 4.08. The molecule has 5 rings (SSSR count). The number of hydrogen-bond acceptors (Lipinski definition) is 6. The fourth-order valence-electron chi connectivity index (χ4n) is 4.37. The highest BCUT2D eigenvalue weighted by molar-refractivity contribution is 5.80. The second kappa shape index (κ2) is 8.52. The molecule has 0 bridgehead atoms. The van der Waals surface area contributed by atoms with E-state index in [-0.39, 0.29) is 18.1 Å². The van der Waals surface area contributed by atoms with Crippen LogP contribution in [0.3, 0.4) is 0 Å². The quantitative estimate of drug-likeness (QED) is 0.470. The Morgan fingerprint density at radius 2 is 2.09 bits per heavy atom. The monoisotopic (exact) mass is 442 g/mol. The number of aromatic nitrogens is 3. The third-order valence-electron chi connectivity index (χ3n) is 5.93. The molecule has 0 fully saturated rings. The van der Waals surface area contributed by atoms with Crippen molar-refractivity contribution in [2.24, 2.45) is 0 Å². The second-order valence-electron chi connectivity index (χ2n) is 8.06. The van der Waals surface area contributed by atoms with E-state index in [1.54, 1.807) is 22.9 Å². The summed E-state index contributed by atoms with van der Waals surface area (Å²) in [6, 6.07) is 11.5. The van der Waals surface area contributed by atoms with E-state index in [0.29, 0.717) is 30.2 Å². The number of ether oxygens (including phenoxy) is 1. The Hall–Kier alpha value is -3.96. The average Bonchev–Trinajstić information content (AvgIpc) is 3.46. The molecule has 8 heteroatoms. The van der Waals surface area contributed by atoms with Gasteiger partial charge < -0.3 is 15.4 Å². The summed E-state index contributed by atoms with van der Waals surface area (Å²) in [5, 5.41) is 15.8. The lowest BCUT2D eigenvalue weighted by molar-refractivity contribution is 0.356. The zero-order valence-electron chi connectivity index (χ0n) is 18.4. The molecule has 2 aromatic carbocycles. The Morgan fingerprint density at radius 3 is 2.88 bits per heavy atom. The molecule has 2 aromatic heterocycles. The number of nitrogens with zero attached hydrogens (tertiary/aromatic N) is 4. The molecule has 0 unspecified atom stereocenters. The van der Waals surface area contributed by atoms with Crippen LogP contribution in [-0.2, 0) is 19.5 Å². The van der Waals surface area contributed by atoms with Crippen molar-refractivity contribution in [3.8, 4) is 22.9 Å². The minimum atomic E-state index is -0.278. The van der Waals surface area contributed by atoms with Crippen LogP contribution in [0.5, 0.6) is 5.75 Å². The first kappa shape index (κ1) is 20.9. The fraction of sp³-hybridized carbons (Fsp3) is 0.240. The van der Waals surface area contributed by atoms with Gasteiger partial charge in [0.1, 0.15) is 17.6 Å². The molecule has 0 saturated carbocycles. The van der Waals surface area contributed by atoms with E-state index in [1.807, 2.05) is 14.0 Å². The van der Waals surface area contributed by atoms with Crippen LogP contribution in [0.2, 0.25) is 0 Å². The van der Waals surface area contributed by atoms with Crippen molar-refractivity contribution in [3.63, 3.8) is 0 Å². The van der Waals surface area contributed by atoms with Gasteiger partial charge in [0.15, 0.2) is 11.3 Å². The maximum absolute atomic E-state index is 14.6. The zero-order chi connectivity index (χ0) is 22.9. The lowest BCUT2D eigenvalue weighted by Gasteiger charge is -2.14. The summed E-state index contributed by atoms with van der Waals surface area (Å²) in [5.41, 5.74) is 6.47. The highest BCUT2D eigenvalue weighted by Gasteiger charge is 2.20. The van der Waals surface area contributed by atoms with Crippen LogP contribution in [-0.4, -0.2) is 28.0 Å². The van der Waals surface area contributed by atoms with Crippen molar-refractivity contribution < 1.29 is 9.13 Å². The van der Waals surface area contributed by atoms with Crippen molar-refractivity contribution in [1.82, 2.24) is 19.7 Å². The van der Waals surface area contributed by atoms with Crippen LogP contribution in [0.25, 0.3) is 16.8 Å². The van der Waals surface area contributed by atoms with E-state index in [4.69, 9.17) is 4.74 Å². The molecular formula is C25H23FN6O. The van der Waals surface area contributed by atoms with Gasteiger partial charge >= 0.3 is 0 Å². The van der Waals surface area contributed by atoms with E-state index in [0.717, 1.165) is 34.5 Å². The normalized spacial score (nSPS) is 12.4. The van der Waals surface area contributed by atoms with Crippen LogP contribution in [0.1, 0.15) is 27.9 Å². The van der Waals surface area contributed by atoms with Crippen LogP contribution in [0.15, 0.2) is 42.7 Å². The first-order valence-electron chi connectivity index (χ1n) is 10.8. The highest BCUT2D eigenvalue weighted by atomic mass is 19.1. The minimum Gasteiger partial charge on any atom is -0.493 e. The molecule has 1 aliphatic rings. The highest BCUT2D eigenvalue weighted by Crippen LogP contribution is 2.32. The lowest BCUT2D eigenvalue weighted by atomic mass is 10.00. The van der Waals surface area contributed by atoms with Crippen molar-refractivity contribution in [1.29, 1.82) is 5.26 Å². The maximum Gasteiger partial charge on any atom is 0.208 e. The zero-order valence-corrected chi connectivity index (χ0v) is 18.4. The third-order valence-corrected chi connectivity index (χ3v) is 5.93. The van der Waals surface area contributed by atoms with Gasteiger partial charge in [0, 0.05) is 42.4 Å². The van der Waals surface area contributed by atoms with Gasteiger partial charge in [0.05, 0.1) is 12.8 Å². The van der Waals surface area contributed by atoms with Gasteiger partial charge in [0.2, 0.25) is 5.95 Å². The first-order chi connectivity index (χ1) is 16.1. The second-order valence-corrected chi connectivity index (χ2v) is 8.06. The van der Waals surface area contributed by atoms with Gasteiger partial charge in [-0.1, -0.05) is 18.2 Å². The summed E-state index contributed by atoms with van der Waals surface area (Å²) in [4.78, 5) is 9.12. The van der Waals surface area contributed by atoms with E-state index in [2.05, 4.69) is 44.9 Å². The van der Waals surface area contributed by atoms with E-state index >= 15 is 0 Å². The van der Waals surface area contributed by atoms with Crippen LogP contribution < -0.4 is 15.4 Å². The van der Waals surface area contributed by atoms with Crippen molar-refractivity contribution >= 4 is 11.6 Å². The molecule has 0 radical (unpaired) electrons. The van der Waals surface area contributed by atoms with Crippen LogP contribution in [0.4, 0.5) is 10.3 Å². The van der Waals surface area contributed by atoms with Gasteiger partial charge in [-0.2, -0.15) is 5.26 Å². The van der Waals surface area contributed by atoms with Gasteiger partial charge in [-0.25, -0.2) is 14.4 Å². The smallest absolute Gasteiger partial charge is 0.208 e. The molecule has 0 saturated heterocycles. The van der Waals surface area contributed by atoms with E-state index < -0.39 is 0 Å². The largest absolute Gasteiger partial charge is 0.493 e. The number of hydrogen-bond donors (Lipinski definition) is 2.